The molecule has 1 aliphatic heterocycles. The zero-order valence-electron chi connectivity index (χ0n) is 14.0. The molecule has 6 atom stereocenters. The van der Waals surface area contributed by atoms with E-state index in [0.717, 1.165) is 43.9 Å². The van der Waals surface area contributed by atoms with E-state index >= 15 is 0 Å². The minimum Gasteiger partial charge on any atom is -0.480 e. The SMILES string of the molecule is O=C(O)C1C2CCCC2CN1C(=O)C1CCC2CCCCC2C1. The first-order valence-electron chi connectivity index (χ1n) is 9.68. The molecule has 0 aromatic carbocycles. The molecule has 4 heteroatoms. The predicted octanol–water partition coefficient (Wildman–Crippen LogP) is 3.30. The van der Waals surface area contributed by atoms with Gasteiger partial charge in [-0.05, 0) is 55.8 Å². The Morgan fingerprint density at radius 1 is 0.826 bits per heavy atom. The highest BCUT2D eigenvalue weighted by Crippen LogP contribution is 2.46. The van der Waals surface area contributed by atoms with Crippen LogP contribution in [-0.2, 0) is 9.59 Å². The zero-order valence-corrected chi connectivity index (χ0v) is 14.0. The van der Waals surface area contributed by atoms with Crippen molar-refractivity contribution in [2.75, 3.05) is 6.54 Å². The monoisotopic (exact) mass is 319 g/mol. The third kappa shape index (κ3) is 2.68. The topological polar surface area (TPSA) is 57.6 Å². The second-order valence-electron chi connectivity index (χ2n) is 8.44. The third-order valence-electron chi connectivity index (χ3n) is 7.32. The molecule has 1 N–H and O–H groups in total. The zero-order chi connectivity index (χ0) is 16.0. The number of hydrogen-bond acceptors (Lipinski definition) is 2. The van der Waals surface area contributed by atoms with Crippen molar-refractivity contribution >= 4 is 11.9 Å². The van der Waals surface area contributed by atoms with E-state index in [4.69, 9.17) is 0 Å². The fraction of sp³-hybridized carbons (Fsp3) is 0.895. The number of nitrogens with zero attached hydrogens (tertiary/aromatic N) is 1. The maximum atomic E-state index is 13.1. The lowest BCUT2D eigenvalue weighted by atomic mass is 9.67. The highest BCUT2D eigenvalue weighted by molar-refractivity contribution is 5.86. The normalized spacial score (nSPS) is 43.0. The van der Waals surface area contributed by atoms with Crippen molar-refractivity contribution < 1.29 is 14.7 Å². The number of aliphatic carboxylic acids is 1. The van der Waals surface area contributed by atoms with E-state index in [-0.39, 0.29) is 17.7 Å². The average Bonchev–Trinajstić information content (AvgIpc) is 3.13. The summed E-state index contributed by atoms with van der Waals surface area (Å²) in [6, 6.07) is -0.543. The summed E-state index contributed by atoms with van der Waals surface area (Å²) in [6.07, 6.45) is 11.7. The Balaban J connectivity index is 1.47. The molecular weight excluding hydrogens is 290 g/mol. The second kappa shape index (κ2) is 6.10. The summed E-state index contributed by atoms with van der Waals surface area (Å²) < 4.78 is 0. The van der Waals surface area contributed by atoms with Gasteiger partial charge in [-0.1, -0.05) is 32.1 Å². The molecule has 3 saturated carbocycles. The molecule has 1 amide bonds. The Morgan fingerprint density at radius 3 is 2.35 bits per heavy atom. The Bertz CT molecular complexity index is 491. The van der Waals surface area contributed by atoms with Crippen molar-refractivity contribution in [1.29, 1.82) is 0 Å². The van der Waals surface area contributed by atoms with Crippen LogP contribution in [0.2, 0.25) is 0 Å². The summed E-state index contributed by atoms with van der Waals surface area (Å²) in [5, 5.41) is 9.67. The molecule has 0 radical (unpaired) electrons. The fourth-order valence-corrected chi connectivity index (χ4v) is 6.18. The Labute approximate surface area is 138 Å². The standard InChI is InChI=1S/C19H29NO3/c21-18(14-9-8-12-4-1-2-5-13(12)10-14)20-11-15-6-3-7-16(15)17(20)19(22)23/h12-17H,1-11H2,(H,22,23). The minimum atomic E-state index is -0.779. The van der Waals surface area contributed by atoms with Crippen LogP contribution in [-0.4, -0.2) is 34.5 Å². The van der Waals surface area contributed by atoms with Gasteiger partial charge in [0.05, 0.1) is 0 Å². The van der Waals surface area contributed by atoms with Crippen LogP contribution in [0.1, 0.15) is 64.2 Å². The molecule has 4 nitrogen and oxygen atoms in total. The van der Waals surface area contributed by atoms with Crippen molar-refractivity contribution in [1.82, 2.24) is 4.90 Å². The first-order chi connectivity index (χ1) is 11.1. The molecule has 4 aliphatic rings. The predicted molar refractivity (Wildman–Crippen MR) is 86.8 cm³/mol. The number of hydrogen-bond donors (Lipinski definition) is 1. The van der Waals surface area contributed by atoms with Crippen LogP contribution >= 0.6 is 0 Å². The Hall–Kier alpha value is -1.06. The lowest BCUT2D eigenvalue weighted by Crippen LogP contribution is -2.47. The van der Waals surface area contributed by atoms with E-state index in [0.29, 0.717) is 12.5 Å². The van der Waals surface area contributed by atoms with E-state index < -0.39 is 12.0 Å². The van der Waals surface area contributed by atoms with E-state index in [1.165, 1.54) is 32.1 Å². The lowest BCUT2D eigenvalue weighted by molar-refractivity contribution is -0.152. The molecule has 6 unspecified atom stereocenters. The summed E-state index contributed by atoms with van der Waals surface area (Å²) in [6.45, 7) is 0.699. The summed E-state index contributed by atoms with van der Waals surface area (Å²) in [4.78, 5) is 26.6. The van der Waals surface area contributed by atoms with E-state index in [2.05, 4.69) is 0 Å². The van der Waals surface area contributed by atoms with Gasteiger partial charge in [-0.15, -0.1) is 0 Å². The summed E-state index contributed by atoms with van der Waals surface area (Å²) in [7, 11) is 0. The van der Waals surface area contributed by atoms with Gasteiger partial charge in [0.15, 0.2) is 0 Å². The van der Waals surface area contributed by atoms with E-state index in [1.54, 1.807) is 4.90 Å². The maximum absolute atomic E-state index is 13.1. The Kier molecular flexibility index (Phi) is 4.10. The average molecular weight is 319 g/mol. The maximum Gasteiger partial charge on any atom is 0.326 e. The van der Waals surface area contributed by atoms with Gasteiger partial charge in [0.2, 0.25) is 5.91 Å². The molecule has 0 spiro atoms. The quantitative estimate of drug-likeness (QED) is 0.849. The van der Waals surface area contributed by atoms with Crippen molar-refractivity contribution in [3.63, 3.8) is 0 Å². The van der Waals surface area contributed by atoms with Gasteiger partial charge in [0, 0.05) is 12.5 Å². The number of carbonyl (C=O) groups is 2. The number of fused-ring (bicyclic) bond motifs is 2. The van der Waals surface area contributed by atoms with Crippen molar-refractivity contribution in [3.05, 3.63) is 0 Å². The van der Waals surface area contributed by atoms with Gasteiger partial charge in [-0.25, -0.2) is 4.79 Å². The van der Waals surface area contributed by atoms with Crippen LogP contribution in [0.25, 0.3) is 0 Å². The third-order valence-corrected chi connectivity index (χ3v) is 7.32. The molecule has 0 aromatic rings. The van der Waals surface area contributed by atoms with Crippen LogP contribution in [0, 0.1) is 29.6 Å². The van der Waals surface area contributed by atoms with Crippen LogP contribution in [0.3, 0.4) is 0 Å². The van der Waals surface area contributed by atoms with Gasteiger partial charge >= 0.3 is 5.97 Å². The number of amides is 1. The number of likely N-dealkylation sites (tertiary alicyclic amines) is 1. The van der Waals surface area contributed by atoms with Gasteiger partial charge in [-0.2, -0.15) is 0 Å². The first-order valence-corrected chi connectivity index (χ1v) is 9.68. The van der Waals surface area contributed by atoms with Crippen LogP contribution in [0.5, 0.6) is 0 Å². The molecule has 3 aliphatic carbocycles. The highest BCUT2D eigenvalue weighted by Gasteiger charge is 2.51. The van der Waals surface area contributed by atoms with Gasteiger partial charge < -0.3 is 10.0 Å². The number of rotatable bonds is 2. The summed E-state index contributed by atoms with van der Waals surface area (Å²) >= 11 is 0. The molecule has 0 aromatic heterocycles. The molecule has 128 valence electrons. The largest absolute Gasteiger partial charge is 0.480 e. The van der Waals surface area contributed by atoms with E-state index in [9.17, 15) is 14.7 Å². The van der Waals surface area contributed by atoms with Gasteiger partial charge in [-0.3, -0.25) is 4.79 Å². The van der Waals surface area contributed by atoms with Gasteiger partial charge in [0.25, 0.3) is 0 Å². The van der Waals surface area contributed by atoms with Crippen LogP contribution in [0.15, 0.2) is 0 Å². The number of carbonyl (C=O) groups excluding carboxylic acids is 1. The van der Waals surface area contributed by atoms with Crippen molar-refractivity contribution in [3.8, 4) is 0 Å². The molecule has 4 fully saturated rings. The van der Waals surface area contributed by atoms with E-state index in [1.807, 2.05) is 0 Å². The molecule has 0 bridgehead atoms. The van der Waals surface area contributed by atoms with Gasteiger partial charge in [0.1, 0.15) is 6.04 Å². The fourth-order valence-electron chi connectivity index (χ4n) is 6.18. The number of carboxylic acids is 1. The van der Waals surface area contributed by atoms with Crippen LogP contribution in [0.4, 0.5) is 0 Å². The highest BCUT2D eigenvalue weighted by atomic mass is 16.4. The molecule has 1 heterocycles. The van der Waals surface area contributed by atoms with Crippen molar-refractivity contribution in [2.24, 2.45) is 29.6 Å². The molecule has 1 saturated heterocycles. The first kappa shape index (κ1) is 15.5. The lowest BCUT2D eigenvalue weighted by Gasteiger charge is -2.40. The second-order valence-corrected chi connectivity index (χ2v) is 8.44. The Morgan fingerprint density at radius 2 is 1.57 bits per heavy atom. The van der Waals surface area contributed by atoms with Crippen LogP contribution < -0.4 is 0 Å². The smallest absolute Gasteiger partial charge is 0.326 e. The summed E-state index contributed by atoms with van der Waals surface area (Å²) in [5.74, 6) is 1.68. The molecule has 23 heavy (non-hydrogen) atoms. The number of carboxylic acid groups (broad SMARTS) is 1. The molecule has 4 rings (SSSR count). The van der Waals surface area contributed by atoms with Crippen molar-refractivity contribution in [2.45, 2.75) is 70.3 Å². The minimum absolute atomic E-state index is 0.0926. The molecular formula is C19H29NO3. The summed E-state index contributed by atoms with van der Waals surface area (Å²) in [5.41, 5.74) is 0.